The Bertz CT molecular complexity index is 922. The Morgan fingerprint density at radius 1 is 1.42 bits per heavy atom. The van der Waals surface area contributed by atoms with Crippen molar-refractivity contribution in [3.8, 4) is 0 Å². The first-order valence-electron chi connectivity index (χ1n) is 8.46. The Kier molecular flexibility index (Phi) is 5.01. The molecule has 0 bridgehead atoms. The Balaban J connectivity index is 1.69. The summed E-state index contributed by atoms with van der Waals surface area (Å²) < 4.78 is 28.4. The molecule has 2 aromatic rings. The van der Waals surface area contributed by atoms with Crippen molar-refractivity contribution in [2.75, 3.05) is 5.73 Å². The van der Waals surface area contributed by atoms with Gasteiger partial charge in [-0.25, -0.2) is 8.42 Å². The summed E-state index contributed by atoms with van der Waals surface area (Å²) in [6.07, 6.45) is 5.31. The van der Waals surface area contributed by atoms with Gasteiger partial charge in [0.1, 0.15) is 4.90 Å². The second-order valence-electron chi connectivity index (χ2n) is 6.60. The number of nitrogens with zero attached hydrogens (tertiary/aromatic N) is 2. The van der Waals surface area contributed by atoms with Crippen molar-refractivity contribution in [1.29, 1.82) is 0 Å². The van der Waals surface area contributed by atoms with Crippen molar-refractivity contribution in [2.45, 2.75) is 43.2 Å². The SMILES string of the molecule is CC(NS(=O)(=O)c1cnn(C)c1)C(=O)NC1CCCc2cc(N)ccc21. The molecule has 1 aliphatic carbocycles. The maximum absolute atomic E-state index is 12.5. The summed E-state index contributed by atoms with van der Waals surface area (Å²) in [5, 5.41) is 6.79. The number of hydrogen-bond acceptors (Lipinski definition) is 5. The van der Waals surface area contributed by atoms with E-state index in [1.165, 1.54) is 24.0 Å². The highest BCUT2D eigenvalue weighted by Gasteiger charge is 2.27. The first kappa shape index (κ1) is 18.4. The Morgan fingerprint density at radius 3 is 2.88 bits per heavy atom. The molecule has 0 saturated carbocycles. The lowest BCUT2D eigenvalue weighted by Crippen LogP contribution is -2.46. The van der Waals surface area contributed by atoms with Crippen molar-refractivity contribution in [2.24, 2.45) is 7.05 Å². The van der Waals surface area contributed by atoms with Crippen molar-refractivity contribution in [1.82, 2.24) is 19.8 Å². The second kappa shape index (κ2) is 7.08. The largest absolute Gasteiger partial charge is 0.399 e. The number of carbonyl (C=O) groups excluding carboxylic acids is 1. The second-order valence-corrected chi connectivity index (χ2v) is 8.32. The highest BCUT2D eigenvalue weighted by molar-refractivity contribution is 7.89. The van der Waals surface area contributed by atoms with Crippen LogP contribution in [0, 0.1) is 0 Å². The number of carbonyl (C=O) groups is 1. The van der Waals surface area contributed by atoms with Gasteiger partial charge < -0.3 is 11.1 Å². The molecule has 0 spiro atoms. The molecule has 8 nitrogen and oxygen atoms in total. The Labute approximate surface area is 152 Å². The van der Waals surface area contributed by atoms with E-state index in [1.807, 2.05) is 18.2 Å². The molecule has 0 fully saturated rings. The van der Waals surface area contributed by atoms with Crippen LogP contribution in [0.3, 0.4) is 0 Å². The lowest BCUT2D eigenvalue weighted by Gasteiger charge is -2.28. The molecular weight excluding hydrogens is 354 g/mol. The molecule has 140 valence electrons. The fourth-order valence-corrected chi connectivity index (χ4v) is 4.36. The third-order valence-corrected chi connectivity index (χ3v) is 6.01. The molecule has 1 aromatic carbocycles. The van der Waals surface area contributed by atoms with Crippen LogP contribution in [0.25, 0.3) is 0 Å². The smallest absolute Gasteiger partial charge is 0.244 e. The maximum Gasteiger partial charge on any atom is 0.244 e. The summed E-state index contributed by atoms with van der Waals surface area (Å²) in [6.45, 7) is 1.52. The Hall–Kier alpha value is -2.39. The van der Waals surface area contributed by atoms with Gasteiger partial charge in [-0.15, -0.1) is 0 Å². The lowest BCUT2D eigenvalue weighted by molar-refractivity contribution is -0.123. The summed E-state index contributed by atoms with van der Waals surface area (Å²) in [5.74, 6) is -0.368. The van der Waals surface area contributed by atoms with Gasteiger partial charge in [-0.1, -0.05) is 6.07 Å². The van der Waals surface area contributed by atoms with E-state index in [-0.39, 0.29) is 16.8 Å². The molecule has 0 radical (unpaired) electrons. The topological polar surface area (TPSA) is 119 Å². The van der Waals surface area contributed by atoms with Gasteiger partial charge in [0.05, 0.1) is 18.3 Å². The van der Waals surface area contributed by atoms with Crippen LogP contribution in [0.5, 0.6) is 0 Å². The molecule has 0 aliphatic heterocycles. The molecule has 1 aliphatic rings. The molecular formula is C17H23N5O3S. The molecule has 0 saturated heterocycles. The van der Waals surface area contributed by atoms with E-state index in [2.05, 4.69) is 15.1 Å². The molecule has 1 heterocycles. The van der Waals surface area contributed by atoms with Crippen molar-refractivity contribution < 1.29 is 13.2 Å². The fraction of sp³-hybridized carbons (Fsp3) is 0.412. The van der Waals surface area contributed by atoms with Crippen molar-refractivity contribution in [3.63, 3.8) is 0 Å². The van der Waals surface area contributed by atoms with Crippen LogP contribution in [-0.4, -0.2) is 30.1 Å². The molecule has 1 aromatic heterocycles. The normalized spacial score (nSPS) is 18.2. The first-order chi connectivity index (χ1) is 12.3. The molecule has 3 rings (SSSR count). The van der Waals surface area contributed by atoms with Crippen LogP contribution in [0.2, 0.25) is 0 Å². The summed E-state index contributed by atoms with van der Waals surface area (Å²) in [5.41, 5.74) is 8.71. The van der Waals surface area contributed by atoms with E-state index >= 15 is 0 Å². The van der Waals surface area contributed by atoms with Crippen LogP contribution in [0.1, 0.15) is 36.9 Å². The Morgan fingerprint density at radius 2 is 2.19 bits per heavy atom. The van der Waals surface area contributed by atoms with Crippen LogP contribution in [0.15, 0.2) is 35.5 Å². The highest BCUT2D eigenvalue weighted by atomic mass is 32.2. The van der Waals surface area contributed by atoms with E-state index in [0.29, 0.717) is 5.69 Å². The first-order valence-corrected chi connectivity index (χ1v) is 9.94. The third kappa shape index (κ3) is 3.88. The number of aromatic nitrogens is 2. The number of sulfonamides is 1. The van der Waals surface area contributed by atoms with Gasteiger partial charge in [0.25, 0.3) is 0 Å². The monoisotopic (exact) mass is 377 g/mol. The summed E-state index contributed by atoms with van der Waals surface area (Å²) in [7, 11) is -2.17. The standard InChI is InChI=1S/C17H23N5O3S/c1-11(21-26(24,25)14-9-19-22(2)10-14)17(23)20-16-5-3-4-12-8-13(18)6-7-15(12)16/h6-11,16,21H,3-5,18H2,1-2H3,(H,20,23). The van der Waals surface area contributed by atoms with E-state index in [4.69, 9.17) is 5.73 Å². The van der Waals surface area contributed by atoms with Gasteiger partial charge in [-0.2, -0.15) is 9.82 Å². The molecule has 4 N–H and O–H groups in total. The number of benzene rings is 1. The number of nitrogen functional groups attached to an aromatic ring is 1. The predicted molar refractivity (Wildman–Crippen MR) is 97.7 cm³/mol. The number of amides is 1. The van der Waals surface area contributed by atoms with Crippen LogP contribution in [0.4, 0.5) is 5.69 Å². The van der Waals surface area contributed by atoms with Crippen molar-refractivity contribution in [3.05, 3.63) is 41.7 Å². The van der Waals surface area contributed by atoms with Crippen molar-refractivity contribution >= 4 is 21.6 Å². The van der Waals surface area contributed by atoms with Crippen LogP contribution < -0.4 is 15.8 Å². The quantitative estimate of drug-likeness (QED) is 0.668. The number of aryl methyl sites for hydroxylation is 2. The van der Waals surface area contributed by atoms with Gasteiger partial charge in [0, 0.05) is 18.9 Å². The van der Waals surface area contributed by atoms with Gasteiger partial charge in [-0.3, -0.25) is 9.48 Å². The minimum atomic E-state index is -3.80. The summed E-state index contributed by atoms with van der Waals surface area (Å²) >= 11 is 0. The number of rotatable bonds is 5. The van der Waals surface area contributed by atoms with Crippen LogP contribution >= 0.6 is 0 Å². The number of hydrogen-bond donors (Lipinski definition) is 3. The van der Waals surface area contributed by atoms with Gasteiger partial charge in [0.2, 0.25) is 15.9 Å². The fourth-order valence-electron chi connectivity index (χ4n) is 3.17. The van der Waals surface area contributed by atoms with E-state index in [0.717, 1.165) is 30.4 Å². The third-order valence-electron chi connectivity index (χ3n) is 4.51. The molecule has 9 heteroatoms. The van der Waals surface area contributed by atoms with Gasteiger partial charge >= 0.3 is 0 Å². The number of fused-ring (bicyclic) bond motifs is 1. The van der Waals surface area contributed by atoms with E-state index in [9.17, 15) is 13.2 Å². The maximum atomic E-state index is 12.5. The van der Waals surface area contributed by atoms with Gasteiger partial charge in [0.15, 0.2) is 0 Å². The zero-order chi connectivity index (χ0) is 18.9. The number of anilines is 1. The summed E-state index contributed by atoms with van der Waals surface area (Å²) in [4.78, 5) is 12.5. The molecule has 1 amide bonds. The lowest BCUT2D eigenvalue weighted by atomic mass is 9.87. The average Bonchev–Trinajstić information content (AvgIpc) is 3.02. The zero-order valence-electron chi connectivity index (χ0n) is 14.8. The molecule has 2 unspecified atom stereocenters. The average molecular weight is 377 g/mol. The highest BCUT2D eigenvalue weighted by Crippen LogP contribution is 2.31. The van der Waals surface area contributed by atoms with E-state index < -0.39 is 16.1 Å². The van der Waals surface area contributed by atoms with Crippen LogP contribution in [-0.2, 0) is 28.3 Å². The predicted octanol–water partition coefficient (Wildman–Crippen LogP) is 0.863. The minimum absolute atomic E-state index is 0.0261. The zero-order valence-corrected chi connectivity index (χ0v) is 15.6. The van der Waals surface area contributed by atoms with Gasteiger partial charge in [-0.05, 0) is 49.4 Å². The van der Waals surface area contributed by atoms with E-state index in [1.54, 1.807) is 7.05 Å². The summed E-state index contributed by atoms with van der Waals surface area (Å²) in [6, 6.07) is 4.64. The number of nitrogens with one attached hydrogen (secondary N) is 2. The minimum Gasteiger partial charge on any atom is -0.399 e. The number of nitrogens with two attached hydrogens (primary N) is 1. The molecule has 2 atom stereocenters. The molecule has 26 heavy (non-hydrogen) atoms.